The van der Waals surface area contributed by atoms with Crippen LogP contribution in [0.4, 0.5) is 14.6 Å². The Labute approximate surface area is 178 Å². The minimum atomic E-state index is -2.53. The maximum Gasteiger partial charge on any atom is 0.264 e. The van der Waals surface area contributed by atoms with E-state index in [0.717, 1.165) is 18.4 Å². The van der Waals surface area contributed by atoms with E-state index in [4.69, 9.17) is 11.6 Å². The zero-order valence-corrected chi connectivity index (χ0v) is 17.6. The van der Waals surface area contributed by atoms with E-state index in [2.05, 4.69) is 26.3 Å². The van der Waals surface area contributed by atoms with Crippen molar-refractivity contribution in [2.24, 2.45) is 0 Å². The molecule has 3 aromatic rings. The molecule has 2 heterocycles. The molecule has 1 saturated carbocycles. The number of hydrogen-bond donors (Lipinski definition) is 1. The molecule has 1 aromatic carbocycles. The summed E-state index contributed by atoms with van der Waals surface area (Å²) in [6.07, 6.45) is -1.06. The van der Waals surface area contributed by atoms with E-state index in [9.17, 15) is 14.0 Å². The topological polar surface area (TPSA) is 74.5 Å². The zero-order valence-electron chi connectivity index (χ0n) is 16.8. The molecule has 4 rings (SSSR count). The van der Waals surface area contributed by atoms with Crippen LogP contribution >= 0.6 is 11.6 Å². The Kier molecular flexibility index (Phi) is 5.07. The van der Waals surface area contributed by atoms with E-state index in [1.807, 2.05) is 19.1 Å². The van der Waals surface area contributed by atoms with E-state index >= 15 is 0 Å². The molecule has 154 valence electrons. The molecule has 2 aromatic heterocycles. The van der Waals surface area contributed by atoms with Crippen LogP contribution in [0, 0.1) is 25.2 Å². The first-order valence-electron chi connectivity index (χ1n) is 9.66. The van der Waals surface area contributed by atoms with Crippen LogP contribution in [0.15, 0.2) is 24.3 Å². The molecule has 1 aliphatic carbocycles. The summed E-state index contributed by atoms with van der Waals surface area (Å²) in [7, 11) is 0. The molecule has 0 spiro atoms. The maximum atomic E-state index is 13.3. The molecule has 0 bridgehead atoms. The number of benzene rings is 1. The van der Waals surface area contributed by atoms with Gasteiger partial charge in [0, 0.05) is 11.1 Å². The van der Waals surface area contributed by atoms with Gasteiger partial charge in [0.05, 0.1) is 22.9 Å². The Morgan fingerprint density at radius 1 is 1.17 bits per heavy atom. The van der Waals surface area contributed by atoms with Gasteiger partial charge < -0.3 is 5.32 Å². The maximum absolute atomic E-state index is 13.3. The number of nitrogens with one attached hydrogen (secondary N) is 1. The van der Waals surface area contributed by atoms with E-state index in [0.29, 0.717) is 33.8 Å². The largest absolute Gasteiger partial charge is 0.363 e. The second-order valence-corrected chi connectivity index (χ2v) is 8.10. The van der Waals surface area contributed by atoms with Gasteiger partial charge in [-0.2, -0.15) is 5.26 Å². The highest BCUT2D eigenvalue weighted by molar-refractivity contribution is 6.30. The molecule has 0 amide bonds. The van der Waals surface area contributed by atoms with E-state index < -0.39 is 11.8 Å². The lowest BCUT2D eigenvalue weighted by atomic mass is 9.97. The highest BCUT2D eigenvalue weighted by Gasteiger charge is 2.47. The van der Waals surface area contributed by atoms with Crippen molar-refractivity contribution < 1.29 is 8.78 Å². The van der Waals surface area contributed by atoms with E-state index in [1.54, 1.807) is 19.9 Å². The third-order valence-electron chi connectivity index (χ3n) is 5.70. The van der Waals surface area contributed by atoms with Gasteiger partial charge in [0.15, 0.2) is 5.65 Å². The summed E-state index contributed by atoms with van der Waals surface area (Å²) < 4.78 is 26.6. The van der Waals surface area contributed by atoms with Crippen LogP contribution in [0.5, 0.6) is 0 Å². The second kappa shape index (κ2) is 7.44. The van der Waals surface area contributed by atoms with Gasteiger partial charge in [-0.3, -0.25) is 0 Å². The summed E-state index contributed by atoms with van der Waals surface area (Å²) in [5.74, 6) is 1.04. The number of aryl methyl sites for hydroxylation is 1. The number of aromatic nitrogens is 3. The zero-order chi connectivity index (χ0) is 21.6. The van der Waals surface area contributed by atoms with Crippen LogP contribution in [0.25, 0.3) is 11.0 Å². The van der Waals surface area contributed by atoms with Gasteiger partial charge in [0.1, 0.15) is 16.8 Å². The number of halogens is 3. The molecule has 30 heavy (non-hydrogen) atoms. The number of pyridine rings is 1. The van der Waals surface area contributed by atoms with Crippen molar-refractivity contribution >= 4 is 28.5 Å². The number of nitriles is 1. The normalized spacial score (nSPS) is 15.8. The lowest BCUT2D eigenvalue weighted by molar-refractivity contribution is 0.150. The molecule has 0 saturated heterocycles. The molecule has 1 atom stereocenters. The van der Waals surface area contributed by atoms with E-state index in [-0.39, 0.29) is 16.8 Å². The van der Waals surface area contributed by atoms with E-state index in [1.165, 1.54) is 6.07 Å². The van der Waals surface area contributed by atoms with Crippen LogP contribution in [0.3, 0.4) is 0 Å². The molecular weight excluding hydrogens is 408 g/mol. The summed E-state index contributed by atoms with van der Waals surface area (Å²) in [5, 5.41) is 13.8. The summed E-state index contributed by atoms with van der Waals surface area (Å²) in [6, 6.07) is 8.78. The number of nitrogens with zero attached hydrogens (tertiary/aromatic N) is 4. The number of fused-ring (bicyclic) bond motifs is 1. The summed E-state index contributed by atoms with van der Waals surface area (Å²) >= 11 is 6.37. The Balaban J connectivity index is 1.78. The minimum absolute atomic E-state index is 0.0188. The van der Waals surface area contributed by atoms with Crippen molar-refractivity contribution in [2.45, 2.75) is 51.5 Å². The van der Waals surface area contributed by atoms with Gasteiger partial charge in [0.25, 0.3) is 6.43 Å². The number of anilines is 1. The first kappa shape index (κ1) is 20.4. The van der Waals surface area contributed by atoms with Crippen LogP contribution in [-0.4, -0.2) is 15.0 Å². The molecule has 8 heteroatoms. The predicted octanol–water partition coefficient (Wildman–Crippen LogP) is 5.96. The van der Waals surface area contributed by atoms with Crippen molar-refractivity contribution in [3.63, 3.8) is 0 Å². The Bertz CT molecular complexity index is 1180. The van der Waals surface area contributed by atoms with Gasteiger partial charge in [-0.15, -0.1) is 0 Å². The Hall–Kier alpha value is -2.85. The molecule has 0 aliphatic heterocycles. The van der Waals surface area contributed by atoms with Crippen LogP contribution in [-0.2, 0) is 5.41 Å². The van der Waals surface area contributed by atoms with Crippen molar-refractivity contribution in [2.75, 3.05) is 5.32 Å². The highest BCUT2D eigenvalue weighted by atomic mass is 35.5. The monoisotopic (exact) mass is 427 g/mol. The molecule has 1 fully saturated rings. The smallest absolute Gasteiger partial charge is 0.264 e. The Morgan fingerprint density at radius 2 is 1.87 bits per heavy atom. The van der Waals surface area contributed by atoms with Gasteiger partial charge in [-0.05, 0) is 50.8 Å². The van der Waals surface area contributed by atoms with Crippen LogP contribution in [0.2, 0.25) is 5.15 Å². The molecule has 1 N–H and O–H groups in total. The number of alkyl halides is 2. The summed E-state index contributed by atoms with van der Waals surface area (Å²) in [5.41, 5.74) is 1.83. The quantitative estimate of drug-likeness (QED) is 0.508. The van der Waals surface area contributed by atoms with Gasteiger partial charge in [-0.1, -0.05) is 29.8 Å². The highest BCUT2D eigenvalue weighted by Crippen LogP contribution is 2.50. The van der Waals surface area contributed by atoms with Crippen LogP contribution in [0.1, 0.15) is 60.3 Å². The van der Waals surface area contributed by atoms with Crippen molar-refractivity contribution in [1.82, 2.24) is 15.0 Å². The fourth-order valence-electron chi connectivity index (χ4n) is 3.81. The van der Waals surface area contributed by atoms with Gasteiger partial charge >= 0.3 is 0 Å². The van der Waals surface area contributed by atoms with Gasteiger partial charge in [-0.25, -0.2) is 23.7 Å². The predicted molar refractivity (Wildman–Crippen MR) is 112 cm³/mol. The SMILES string of the molecule is Cc1nc(N[C@H](C)c2cccc(C(F)F)c2C)c2cc(C3(C#N)CC3)c(Cl)nc2n1. The first-order valence-corrected chi connectivity index (χ1v) is 10.0. The number of hydrogen-bond acceptors (Lipinski definition) is 5. The average Bonchev–Trinajstić information content (AvgIpc) is 3.48. The lowest BCUT2D eigenvalue weighted by Crippen LogP contribution is -2.13. The van der Waals surface area contributed by atoms with Gasteiger partial charge in [0.2, 0.25) is 0 Å². The second-order valence-electron chi connectivity index (χ2n) is 7.74. The molecule has 1 aliphatic rings. The van der Waals surface area contributed by atoms with Crippen molar-refractivity contribution in [3.05, 3.63) is 57.5 Å². The first-order chi connectivity index (χ1) is 14.3. The fourth-order valence-corrected chi connectivity index (χ4v) is 4.13. The number of rotatable bonds is 5. The lowest BCUT2D eigenvalue weighted by Gasteiger charge is -2.20. The Morgan fingerprint density at radius 3 is 2.50 bits per heavy atom. The molecule has 0 radical (unpaired) electrons. The average molecular weight is 428 g/mol. The third-order valence-corrected chi connectivity index (χ3v) is 5.99. The van der Waals surface area contributed by atoms with Crippen molar-refractivity contribution in [1.29, 1.82) is 5.26 Å². The molecular formula is C22H20ClF2N5. The van der Waals surface area contributed by atoms with Crippen molar-refractivity contribution in [3.8, 4) is 6.07 Å². The van der Waals surface area contributed by atoms with Crippen LogP contribution < -0.4 is 5.32 Å². The minimum Gasteiger partial charge on any atom is -0.363 e. The summed E-state index contributed by atoms with van der Waals surface area (Å²) in [4.78, 5) is 13.3. The summed E-state index contributed by atoms with van der Waals surface area (Å²) in [6.45, 7) is 5.34. The standard InChI is InChI=1S/C22H20ClF2N5/c1-11-14(5-4-6-15(11)19(24)25)12(2)27-20-16-9-17(22(10-26)7-8-22)18(23)30-21(16)29-13(3)28-20/h4-6,9,12,19H,7-8H2,1-3H3,(H,27,28,29,30)/t12-/m1/s1. The molecule has 5 nitrogen and oxygen atoms in total. The third kappa shape index (κ3) is 3.46. The molecule has 0 unspecified atom stereocenters. The fraction of sp³-hybridized carbons (Fsp3) is 0.364.